The maximum Gasteiger partial charge on any atom is 0.320 e. The van der Waals surface area contributed by atoms with Gasteiger partial charge in [-0.2, -0.15) is 0 Å². The first-order chi connectivity index (χ1) is 10.6. The molecule has 0 spiro atoms. The number of carbonyl (C=O) groups is 1. The third-order valence-electron chi connectivity index (χ3n) is 3.38. The first-order valence-corrected chi connectivity index (χ1v) is 7.89. The van der Waals surface area contributed by atoms with Crippen molar-refractivity contribution in [2.45, 2.75) is 30.8 Å². The molecule has 0 amide bonds. The molecule has 4 N–H and O–H groups in total. The molecule has 0 aliphatic heterocycles. The number of aliphatic carboxylic acids is 1. The number of hydrogen-bond acceptors (Lipinski definition) is 4. The lowest BCUT2D eigenvalue weighted by Crippen LogP contribution is -2.32. The fourth-order valence-electron chi connectivity index (χ4n) is 2.07. The molecule has 4 nitrogen and oxygen atoms in total. The average molecular weight is 316 g/mol. The lowest BCUT2D eigenvalue weighted by Gasteiger charge is -2.12. The number of rotatable bonds is 7. The number of carboxylic acids is 1. The maximum absolute atomic E-state index is 10.9. The van der Waals surface area contributed by atoms with E-state index in [0.29, 0.717) is 13.0 Å². The van der Waals surface area contributed by atoms with Crippen molar-refractivity contribution in [3.8, 4) is 0 Å². The van der Waals surface area contributed by atoms with E-state index in [0.717, 1.165) is 21.6 Å². The van der Waals surface area contributed by atoms with Crippen LogP contribution >= 0.6 is 11.9 Å². The summed E-state index contributed by atoms with van der Waals surface area (Å²) in [4.78, 5) is 12.0. The van der Waals surface area contributed by atoms with E-state index in [-0.39, 0.29) is 0 Å². The van der Waals surface area contributed by atoms with Crippen LogP contribution in [0.1, 0.15) is 16.7 Å². The molecule has 2 rings (SSSR count). The molecule has 1 unspecified atom stereocenters. The largest absolute Gasteiger partial charge is 0.480 e. The second-order valence-corrected chi connectivity index (χ2v) is 6.11. The van der Waals surface area contributed by atoms with E-state index in [4.69, 9.17) is 10.8 Å². The summed E-state index contributed by atoms with van der Waals surface area (Å²) in [5, 5.41) is 8.93. The Morgan fingerprint density at radius 1 is 1.27 bits per heavy atom. The van der Waals surface area contributed by atoms with Crippen molar-refractivity contribution in [2.75, 3.05) is 0 Å². The predicted octanol–water partition coefficient (Wildman–Crippen LogP) is 2.75. The number of benzene rings is 2. The average Bonchev–Trinajstić information content (AvgIpc) is 2.51. The SMILES string of the molecule is Cc1ccc(CNSc2ccccc2)cc1CC(N)C(=O)O. The fourth-order valence-corrected chi connectivity index (χ4v) is 2.77. The molecule has 0 fully saturated rings. The summed E-state index contributed by atoms with van der Waals surface area (Å²) in [6.07, 6.45) is 0.348. The highest BCUT2D eigenvalue weighted by molar-refractivity contribution is 7.97. The van der Waals surface area contributed by atoms with Crippen molar-refractivity contribution < 1.29 is 9.90 Å². The summed E-state index contributed by atoms with van der Waals surface area (Å²) in [5.74, 6) is -0.970. The van der Waals surface area contributed by atoms with Crippen molar-refractivity contribution in [1.82, 2.24) is 4.72 Å². The summed E-state index contributed by atoms with van der Waals surface area (Å²) in [6, 6.07) is 15.3. The van der Waals surface area contributed by atoms with Crippen molar-refractivity contribution in [2.24, 2.45) is 5.73 Å². The van der Waals surface area contributed by atoms with Gasteiger partial charge >= 0.3 is 5.97 Å². The number of aryl methyl sites for hydroxylation is 1. The molecular weight excluding hydrogens is 296 g/mol. The normalized spacial score (nSPS) is 12.1. The maximum atomic E-state index is 10.9. The summed E-state index contributed by atoms with van der Waals surface area (Å²) >= 11 is 1.58. The topological polar surface area (TPSA) is 75.3 Å². The van der Waals surface area contributed by atoms with E-state index in [2.05, 4.69) is 4.72 Å². The van der Waals surface area contributed by atoms with Crippen molar-refractivity contribution in [1.29, 1.82) is 0 Å². The van der Waals surface area contributed by atoms with Gasteiger partial charge in [0.2, 0.25) is 0 Å². The Morgan fingerprint density at radius 3 is 2.68 bits per heavy atom. The number of nitrogens with two attached hydrogens (primary N) is 1. The van der Waals surface area contributed by atoms with Crippen LogP contribution in [0, 0.1) is 6.92 Å². The molecule has 0 bridgehead atoms. The van der Waals surface area contributed by atoms with Gasteiger partial charge in [0.25, 0.3) is 0 Å². The standard InChI is InChI=1S/C17H20N2O2S/c1-12-7-8-13(9-14(12)10-16(18)17(20)21)11-19-22-15-5-3-2-4-6-15/h2-9,16,19H,10-11,18H2,1H3,(H,20,21). The van der Waals surface area contributed by atoms with Crippen LogP contribution in [0.4, 0.5) is 0 Å². The third kappa shape index (κ3) is 4.87. The van der Waals surface area contributed by atoms with E-state index in [1.165, 1.54) is 0 Å². The number of nitrogens with one attached hydrogen (secondary N) is 1. The summed E-state index contributed by atoms with van der Waals surface area (Å²) < 4.78 is 3.31. The molecule has 0 aromatic heterocycles. The van der Waals surface area contributed by atoms with Crippen LogP contribution in [0.3, 0.4) is 0 Å². The van der Waals surface area contributed by atoms with Crippen LogP contribution in [0.15, 0.2) is 53.4 Å². The van der Waals surface area contributed by atoms with Gasteiger partial charge in [-0.1, -0.05) is 36.4 Å². The van der Waals surface area contributed by atoms with Crippen LogP contribution in [0.2, 0.25) is 0 Å². The minimum Gasteiger partial charge on any atom is -0.480 e. The highest BCUT2D eigenvalue weighted by Crippen LogP contribution is 2.16. The zero-order chi connectivity index (χ0) is 15.9. The Labute approximate surface area is 134 Å². The van der Waals surface area contributed by atoms with Gasteiger partial charge in [0.15, 0.2) is 0 Å². The van der Waals surface area contributed by atoms with Gasteiger partial charge in [-0.05, 0) is 54.1 Å². The van der Waals surface area contributed by atoms with Gasteiger partial charge in [0, 0.05) is 11.4 Å². The monoisotopic (exact) mass is 316 g/mol. The molecule has 0 radical (unpaired) electrons. The van der Waals surface area contributed by atoms with Crippen LogP contribution in [0.25, 0.3) is 0 Å². The molecule has 0 saturated heterocycles. The fraction of sp³-hybridized carbons (Fsp3) is 0.235. The Balaban J connectivity index is 1.95. The molecule has 1 atom stereocenters. The molecule has 5 heteroatoms. The molecule has 0 heterocycles. The second-order valence-electron chi connectivity index (χ2n) is 5.15. The van der Waals surface area contributed by atoms with Gasteiger partial charge in [-0.25, -0.2) is 0 Å². The lowest BCUT2D eigenvalue weighted by molar-refractivity contribution is -0.138. The number of carboxylic acid groups (broad SMARTS) is 1. The molecule has 22 heavy (non-hydrogen) atoms. The molecule has 0 aliphatic rings. The molecule has 0 saturated carbocycles. The van der Waals surface area contributed by atoms with E-state index in [1.54, 1.807) is 11.9 Å². The highest BCUT2D eigenvalue weighted by Gasteiger charge is 2.13. The van der Waals surface area contributed by atoms with E-state index >= 15 is 0 Å². The van der Waals surface area contributed by atoms with Gasteiger partial charge in [-0.3, -0.25) is 9.52 Å². The highest BCUT2D eigenvalue weighted by atomic mass is 32.2. The van der Waals surface area contributed by atoms with Crippen molar-refractivity contribution >= 4 is 17.9 Å². The quantitative estimate of drug-likeness (QED) is 0.685. The first kappa shape index (κ1) is 16.5. The molecule has 2 aromatic carbocycles. The van der Waals surface area contributed by atoms with Crippen molar-refractivity contribution in [3.05, 3.63) is 65.2 Å². The van der Waals surface area contributed by atoms with E-state index in [9.17, 15) is 4.79 Å². The van der Waals surface area contributed by atoms with Gasteiger partial charge in [-0.15, -0.1) is 0 Å². The number of hydrogen-bond donors (Lipinski definition) is 3. The molecule has 2 aromatic rings. The smallest absolute Gasteiger partial charge is 0.320 e. The van der Waals surface area contributed by atoms with E-state index in [1.807, 2.05) is 55.5 Å². The Hall–Kier alpha value is -1.82. The lowest BCUT2D eigenvalue weighted by atomic mass is 9.99. The third-order valence-corrected chi connectivity index (χ3v) is 4.18. The van der Waals surface area contributed by atoms with Gasteiger partial charge < -0.3 is 10.8 Å². The molecule has 116 valence electrons. The van der Waals surface area contributed by atoms with Crippen LogP contribution in [-0.4, -0.2) is 17.1 Å². The Morgan fingerprint density at radius 2 is 2.00 bits per heavy atom. The Kier molecular flexibility index (Phi) is 6.00. The summed E-state index contributed by atoms with van der Waals surface area (Å²) in [5.41, 5.74) is 8.79. The summed E-state index contributed by atoms with van der Waals surface area (Å²) in [6.45, 7) is 2.68. The second kappa shape index (κ2) is 7.98. The summed E-state index contributed by atoms with van der Waals surface area (Å²) in [7, 11) is 0. The van der Waals surface area contributed by atoms with Gasteiger partial charge in [0.05, 0.1) is 0 Å². The minimum atomic E-state index is -0.970. The molecule has 0 aliphatic carbocycles. The minimum absolute atomic E-state index is 0.348. The Bertz CT molecular complexity index is 632. The van der Waals surface area contributed by atoms with Crippen LogP contribution in [0.5, 0.6) is 0 Å². The predicted molar refractivity (Wildman–Crippen MR) is 89.6 cm³/mol. The zero-order valence-corrected chi connectivity index (χ0v) is 13.3. The zero-order valence-electron chi connectivity index (χ0n) is 12.5. The molecular formula is C17H20N2O2S. The van der Waals surface area contributed by atoms with Crippen LogP contribution < -0.4 is 10.5 Å². The van der Waals surface area contributed by atoms with Crippen molar-refractivity contribution in [3.63, 3.8) is 0 Å². The first-order valence-electron chi connectivity index (χ1n) is 7.08. The van der Waals surface area contributed by atoms with Crippen LogP contribution in [-0.2, 0) is 17.8 Å². The van der Waals surface area contributed by atoms with E-state index < -0.39 is 12.0 Å². The van der Waals surface area contributed by atoms with Gasteiger partial charge in [0.1, 0.15) is 6.04 Å².